The minimum Gasteiger partial charge on any atom is -0.451 e. The molecule has 2 aromatic carbocycles. The summed E-state index contributed by atoms with van der Waals surface area (Å²) < 4.78 is 33.4. The topological polar surface area (TPSA) is 92.5 Å². The Balaban J connectivity index is 1.68. The minimum atomic E-state index is -4.14. The quantitative estimate of drug-likeness (QED) is 0.555. The van der Waals surface area contributed by atoms with Crippen molar-refractivity contribution in [3.8, 4) is 0 Å². The Morgan fingerprint density at radius 1 is 1.07 bits per heavy atom. The standard InChI is InChI=1S/C21H19N3O4S/c1-13-9-15-5-4-6-19(20(15)22-12-13)29(26,27)23-21(25)18-10-14-7-8-16(24(2)3)11-17(14)28-18/h4-12H,1-3H3,(H,23,25). The van der Waals surface area contributed by atoms with E-state index in [1.165, 1.54) is 12.1 Å². The van der Waals surface area contributed by atoms with Gasteiger partial charge in [0.05, 0.1) is 5.52 Å². The summed E-state index contributed by atoms with van der Waals surface area (Å²) in [4.78, 5) is 18.7. The van der Waals surface area contributed by atoms with E-state index < -0.39 is 15.9 Å². The molecule has 4 aromatic rings. The molecule has 0 aliphatic carbocycles. The summed E-state index contributed by atoms with van der Waals surface area (Å²) in [6.07, 6.45) is 1.59. The molecule has 0 aliphatic heterocycles. The maximum atomic E-state index is 12.9. The number of carbonyl (C=O) groups excluding carboxylic acids is 1. The lowest BCUT2D eigenvalue weighted by molar-refractivity contribution is 0.0956. The molecular weight excluding hydrogens is 390 g/mol. The van der Waals surface area contributed by atoms with E-state index in [1.807, 2.05) is 44.1 Å². The molecule has 1 N–H and O–H groups in total. The van der Waals surface area contributed by atoms with E-state index in [4.69, 9.17) is 4.42 Å². The third-order valence-corrected chi connectivity index (χ3v) is 5.93. The van der Waals surface area contributed by atoms with Crippen LogP contribution in [-0.4, -0.2) is 33.4 Å². The van der Waals surface area contributed by atoms with Crippen LogP contribution in [0.15, 0.2) is 64.0 Å². The van der Waals surface area contributed by atoms with Crippen LogP contribution >= 0.6 is 0 Å². The average molecular weight is 409 g/mol. The van der Waals surface area contributed by atoms with Gasteiger partial charge in [-0.25, -0.2) is 13.1 Å². The summed E-state index contributed by atoms with van der Waals surface area (Å²) in [7, 11) is -0.351. The molecule has 4 rings (SSSR count). The number of nitrogens with zero attached hydrogens (tertiary/aromatic N) is 2. The molecule has 0 saturated heterocycles. The Morgan fingerprint density at radius 2 is 1.86 bits per heavy atom. The van der Waals surface area contributed by atoms with Gasteiger partial charge < -0.3 is 9.32 Å². The van der Waals surface area contributed by atoms with Crippen molar-refractivity contribution in [1.82, 2.24) is 9.71 Å². The van der Waals surface area contributed by atoms with Crippen molar-refractivity contribution in [3.05, 3.63) is 66.1 Å². The van der Waals surface area contributed by atoms with Crippen LogP contribution in [0, 0.1) is 6.92 Å². The molecule has 0 unspecified atom stereocenters. The molecule has 7 nitrogen and oxygen atoms in total. The van der Waals surface area contributed by atoms with Gasteiger partial charge in [0.2, 0.25) is 0 Å². The van der Waals surface area contributed by atoms with Crippen molar-refractivity contribution in [2.45, 2.75) is 11.8 Å². The number of amides is 1. The summed E-state index contributed by atoms with van der Waals surface area (Å²) >= 11 is 0. The molecule has 1 amide bonds. The second kappa shape index (κ2) is 6.89. The Bertz CT molecular complexity index is 1360. The van der Waals surface area contributed by atoms with Crippen molar-refractivity contribution in [3.63, 3.8) is 0 Å². The third-order valence-electron chi connectivity index (χ3n) is 4.57. The van der Waals surface area contributed by atoms with E-state index in [0.29, 0.717) is 21.9 Å². The van der Waals surface area contributed by atoms with Crippen LogP contribution in [0.5, 0.6) is 0 Å². The lowest BCUT2D eigenvalue weighted by Crippen LogP contribution is -2.30. The van der Waals surface area contributed by atoms with Gasteiger partial charge in [0.1, 0.15) is 10.5 Å². The lowest BCUT2D eigenvalue weighted by Gasteiger charge is -2.11. The van der Waals surface area contributed by atoms with Gasteiger partial charge in [-0.2, -0.15) is 0 Å². The largest absolute Gasteiger partial charge is 0.451 e. The van der Waals surface area contributed by atoms with Gasteiger partial charge in [0.25, 0.3) is 10.0 Å². The van der Waals surface area contributed by atoms with Crippen molar-refractivity contribution in [1.29, 1.82) is 0 Å². The fraction of sp³-hybridized carbons (Fsp3) is 0.143. The molecule has 29 heavy (non-hydrogen) atoms. The number of furan rings is 1. The van der Waals surface area contributed by atoms with E-state index in [1.54, 1.807) is 24.4 Å². The number of pyridine rings is 1. The average Bonchev–Trinajstić information content (AvgIpc) is 3.10. The van der Waals surface area contributed by atoms with Gasteiger partial charge in [-0.15, -0.1) is 0 Å². The van der Waals surface area contributed by atoms with E-state index >= 15 is 0 Å². The Kier molecular flexibility index (Phi) is 4.50. The molecule has 0 fully saturated rings. The summed E-state index contributed by atoms with van der Waals surface area (Å²) in [6.45, 7) is 1.87. The molecule has 8 heteroatoms. The maximum absolute atomic E-state index is 12.9. The number of benzene rings is 2. The summed E-state index contributed by atoms with van der Waals surface area (Å²) in [6, 6.07) is 13.7. The number of hydrogen-bond acceptors (Lipinski definition) is 6. The highest BCUT2D eigenvalue weighted by atomic mass is 32.2. The number of aromatic nitrogens is 1. The van der Waals surface area contributed by atoms with Crippen LogP contribution in [0.25, 0.3) is 21.9 Å². The number of anilines is 1. The zero-order valence-electron chi connectivity index (χ0n) is 16.1. The first kappa shape index (κ1) is 18.9. The van der Waals surface area contributed by atoms with Crippen molar-refractivity contribution in [2.75, 3.05) is 19.0 Å². The van der Waals surface area contributed by atoms with Crippen LogP contribution in [-0.2, 0) is 10.0 Å². The number of nitrogens with one attached hydrogen (secondary N) is 1. The predicted octanol–water partition coefficient (Wildman–Crippen LogP) is 3.47. The zero-order valence-corrected chi connectivity index (χ0v) is 16.9. The van der Waals surface area contributed by atoms with Crippen LogP contribution in [0.2, 0.25) is 0 Å². The van der Waals surface area contributed by atoms with Gasteiger partial charge in [0, 0.05) is 42.8 Å². The van der Waals surface area contributed by atoms with Crippen molar-refractivity contribution < 1.29 is 17.6 Å². The van der Waals surface area contributed by atoms with E-state index in [0.717, 1.165) is 11.3 Å². The predicted molar refractivity (Wildman–Crippen MR) is 112 cm³/mol. The van der Waals surface area contributed by atoms with Crippen LogP contribution in [0.4, 0.5) is 5.69 Å². The van der Waals surface area contributed by atoms with Gasteiger partial charge in [-0.05, 0) is 42.8 Å². The van der Waals surface area contributed by atoms with E-state index in [9.17, 15) is 13.2 Å². The molecule has 0 spiro atoms. The number of para-hydroxylation sites is 1. The number of aryl methyl sites for hydroxylation is 1. The van der Waals surface area contributed by atoms with Gasteiger partial charge in [-0.1, -0.05) is 12.1 Å². The smallest absolute Gasteiger partial charge is 0.300 e. The van der Waals surface area contributed by atoms with Crippen LogP contribution in [0.1, 0.15) is 16.1 Å². The Hall–Kier alpha value is -3.39. The van der Waals surface area contributed by atoms with Crippen molar-refractivity contribution >= 4 is 43.5 Å². The monoisotopic (exact) mass is 409 g/mol. The van der Waals surface area contributed by atoms with Gasteiger partial charge >= 0.3 is 5.91 Å². The minimum absolute atomic E-state index is 0.0608. The molecule has 2 heterocycles. The number of sulfonamides is 1. The molecular formula is C21H19N3O4S. The third kappa shape index (κ3) is 3.54. The highest BCUT2D eigenvalue weighted by molar-refractivity contribution is 7.90. The van der Waals surface area contributed by atoms with E-state index in [2.05, 4.69) is 9.71 Å². The van der Waals surface area contributed by atoms with Gasteiger partial charge in [0.15, 0.2) is 5.76 Å². The summed E-state index contributed by atoms with van der Waals surface area (Å²) in [5.74, 6) is -0.916. The van der Waals surface area contributed by atoms with Gasteiger partial charge in [-0.3, -0.25) is 9.78 Å². The summed E-state index contributed by atoms with van der Waals surface area (Å²) in [5, 5.41) is 1.39. The second-order valence-corrected chi connectivity index (χ2v) is 8.65. The number of fused-ring (bicyclic) bond motifs is 2. The lowest BCUT2D eigenvalue weighted by atomic mass is 10.2. The molecule has 0 radical (unpaired) electrons. The second-order valence-electron chi connectivity index (χ2n) is 7.00. The first-order chi connectivity index (χ1) is 13.7. The number of hydrogen-bond donors (Lipinski definition) is 1. The normalized spacial score (nSPS) is 11.7. The Labute approximate surface area is 168 Å². The summed E-state index contributed by atoms with van der Waals surface area (Å²) in [5.41, 5.74) is 2.62. The molecule has 0 bridgehead atoms. The molecule has 0 atom stereocenters. The highest BCUT2D eigenvalue weighted by Crippen LogP contribution is 2.25. The van der Waals surface area contributed by atoms with Crippen LogP contribution in [0.3, 0.4) is 0 Å². The van der Waals surface area contributed by atoms with Crippen LogP contribution < -0.4 is 9.62 Å². The fourth-order valence-corrected chi connectivity index (χ4v) is 4.23. The van der Waals surface area contributed by atoms with Crippen molar-refractivity contribution in [2.24, 2.45) is 0 Å². The first-order valence-electron chi connectivity index (χ1n) is 8.88. The highest BCUT2D eigenvalue weighted by Gasteiger charge is 2.24. The zero-order chi connectivity index (χ0) is 20.8. The van der Waals surface area contributed by atoms with E-state index in [-0.39, 0.29) is 10.7 Å². The number of rotatable bonds is 4. The molecule has 0 aliphatic rings. The molecule has 148 valence electrons. The Morgan fingerprint density at radius 3 is 2.62 bits per heavy atom. The SMILES string of the molecule is Cc1cnc2c(S(=O)(=O)NC(=O)c3cc4ccc(N(C)C)cc4o3)cccc2c1. The molecule has 2 aromatic heterocycles. The number of carbonyl (C=O) groups is 1. The molecule has 0 saturated carbocycles. The first-order valence-corrected chi connectivity index (χ1v) is 10.4. The maximum Gasteiger partial charge on any atom is 0.300 e. The fourth-order valence-electron chi connectivity index (χ4n) is 3.10.